The molecule has 0 aliphatic carbocycles. The molecule has 0 radical (unpaired) electrons. The van der Waals surface area contributed by atoms with Gasteiger partial charge in [-0.05, 0) is 38.8 Å². The molecule has 5 rings (SSSR count). The van der Waals surface area contributed by atoms with E-state index in [1.54, 1.807) is 11.3 Å². The van der Waals surface area contributed by atoms with Crippen molar-refractivity contribution in [1.82, 2.24) is 20.4 Å². The summed E-state index contributed by atoms with van der Waals surface area (Å²) in [7, 11) is 2.00. The first kappa shape index (κ1) is 24.7. The second kappa shape index (κ2) is 9.84. The number of benzene rings is 1. The fraction of sp³-hybridized carbons (Fsp3) is 0.370. The van der Waals surface area contributed by atoms with E-state index in [1.807, 2.05) is 43.8 Å². The quantitative estimate of drug-likeness (QED) is 0.422. The summed E-state index contributed by atoms with van der Waals surface area (Å²) in [4.78, 5) is 17.9. The first-order valence-corrected chi connectivity index (χ1v) is 13.3. The molecular formula is C27H30ClN5O2S. The Hall–Kier alpha value is -2.94. The van der Waals surface area contributed by atoms with Crippen LogP contribution in [-0.2, 0) is 31.2 Å². The van der Waals surface area contributed by atoms with Crippen molar-refractivity contribution >= 4 is 46.8 Å². The van der Waals surface area contributed by atoms with E-state index >= 15 is 0 Å². The third kappa shape index (κ3) is 4.38. The van der Waals surface area contributed by atoms with Crippen molar-refractivity contribution in [3.8, 4) is 5.75 Å². The predicted molar refractivity (Wildman–Crippen MR) is 146 cm³/mol. The van der Waals surface area contributed by atoms with Gasteiger partial charge in [-0.25, -0.2) is 0 Å². The average Bonchev–Trinajstić information content (AvgIpc) is 3.53. The number of rotatable bonds is 6. The zero-order chi connectivity index (χ0) is 25.6. The molecule has 36 heavy (non-hydrogen) atoms. The van der Waals surface area contributed by atoms with E-state index in [0.29, 0.717) is 5.02 Å². The van der Waals surface area contributed by atoms with E-state index < -0.39 is 0 Å². The normalized spacial score (nSPS) is 17.8. The number of hydrogen-bond donors (Lipinski definition) is 2. The number of allylic oxidation sites excluding steroid dienone is 1. The number of nitrogens with zero attached hydrogens (tertiary/aromatic N) is 3. The molecule has 1 aromatic carbocycles. The van der Waals surface area contributed by atoms with E-state index in [1.165, 1.54) is 12.5 Å². The van der Waals surface area contributed by atoms with Gasteiger partial charge in [0, 0.05) is 72.1 Å². The molecule has 2 unspecified atom stereocenters. The number of halogens is 1. The lowest BCUT2D eigenvalue weighted by Gasteiger charge is -2.18. The monoisotopic (exact) mass is 523 g/mol. The minimum absolute atomic E-state index is 0.0727. The molecule has 0 bridgehead atoms. The summed E-state index contributed by atoms with van der Waals surface area (Å²) in [6.07, 6.45) is 3.59. The molecule has 3 aromatic rings. The molecule has 2 N–H and O–H groups in total. The second-order valence-corrected chi connectivity index (χ2v) is 10.8. The zero-order valence-corrected chi connectivity index (χ0v) is 22.5. The van der Waals surface area contributed by atoms with Gasteiger partial charge in [-0.15, -0.1) is 11.3 Å². The number of hydrogen-bond acceptors (Lipinski definition) is 6. The van der Waals surface area contributed by atoms with Crippen LogP contribution in [0.1, 0.15) is 70.7 Å². The van der Waals surface area contributed by atoms with Crippen molar-refractivity contribution in [1.29, 1.82) is 0 Å². The number of ether oxygens (including phenoxy) is 1. The SMILES string of the molecule is C=Nc1cc(C(C)NC(C)=O)sc1/C(=C\C)c1cc(Cl)cc2c1OC(c1c3c(nn1C)CCNC3)C2. The highest BCUT2D eigenvalue weighted by molar-refractivity contribution is 7.13. The van der Waals surface area contributed by atoms with Gasteiger partial charge in [-0.3, -0.25) is 14.5 Å². The Kier molecular flexibility index (Phi) is 6.76. The zero-order valence-electron chi connectivity index (χ0n) is 20.9. The van der Waals surface area contributed by atoms with Crippen molar-refractivity contribution in [3.05, 3.63) is 67.1 Å². The Balaban J connectivity index is 1.54. The Labute approximate surface area is 220 Å². The minimum atomic E-state index is -0.132. The van der Waals surface area contributed by atoms with Gasteiger partial charge in [0.2, 0.25) is 5.91 Å². The molecule has 2 aliphatic heterocycles. The van der Waals surface area contributed by atoms with Crippen molar-refractivity contribution in [2.75, 3.05) is 6.54 Å². The van der Waals surface area contributed by atoms with Gasteiger partial charge >= 0.3 is 0 Å². The number of fused-ring (bicyclic) bond motifs is 2. The minimum Gasteiger partial charge on any atom is -0.483 e. The number of amides is 1. The number of aryl methyl sites for hydroxylation is 1. The van der Waals surface area contributed by atoms with Gasteiger partial charge in [0.25, 0.3) is 0 Å². The summed E-state index contributed by atoms with van der Waals surface area (Å²) in [5, 5.41) is 11.9. The molecule has 1 amide bonds. The maximum Gasteiger partial charge on any atom is 0.217 e. The van der Waals surface area contributed by atoms with Gasteiger partial charge in [0.15, 0.2) is 0 Å². The molecule has 0 spiro atoms. The summed E-state index contributed by atoms with van der Waals surface area (Å²) < 4.78 is 8.66. The van der Waals surface area contributed by atoms with E-state index in [0.717, 1.165) is 75.2 Å². The Morgan fingerprint density at radius 2 is 2.25 bits per heavy atom. The summed E-state index contributed by atoms with van der Waals surface area (Å²) >= 11 is 8.23. The smallest absolute Gasteiger partial charge is 0.217 e. The van der Waals surface area contributed by atoms with E-state index in [2.05, 4.69) is 28.4 Å². The van der Waals surface area contributed by atoms with Crippen LogP contribution in [0.4, 0.5) is 5.69 Å². The number of aliphatic imine (C=N–C) groups is 1. The van der Waals surface area contributed by atoms with Crippen LogP contribution in [0.3, 0.4) is 0 Å². The maximum absolute atomic E-state index is 11.6. The molecule has 0 saturated heterocycles. The molecule has 2 aliphatic rings. The molecule has 2 aromatic heterocycles. The topological polar surface area (TPSA) is 80.5 Å². The van der Waals surface area contributed by atoms with Crippen molar-refractivity contribution in [2.24, 2.45) is 12.0 Å². The van der Waals surface area contributed by atoms with Gasteiger partial charge in [-0.2, -0.15) is 5.10 Å². The molecule has 2 atom stereocenters. The second-order valence-electron chi connectivity index (χ2n) is 9.26. The van der Waals surface area contributed by atoms with E-state index in [9.17, 15) is 4.79 Å². The number of aromatic nitrogens is 2. The Morgan fingerprint density at radius 3 is 2.97 bits per heavy atom. The van der Waals surface area contributed by atoms with Gasteiger partial charge in [0.05, 0.1) is 28.0 Å². The van der Waals surface area contributed by atoms with Crippen molar-refractivity contribution < 1.29 is 9.53 Å². The number of thiophene rings is 1. The maximum atomic E-state index is 11.6. The first-order chi connectivity index (χ1) is 17.3. The fourth-order valence-corrected chi connectivity index (χ4v) is 6.69. The molecule has 0 fully saturated rings. The Morgan fingerprint density at radius 1 is 1.44 bits per heavy atom. The van der Waals surface area contributed by atoms with Crippen LogP contribution in [0.5, 0.6) is 5.75 Å². The van der Waals surface area contributed by atoms with Gasteiger partial charge in [0.1, 0.15) is 11.9 Å². The van der Waals surface area contributed by atoms with Crippen LogP contribution in [0, 0.1) is 0 Å². The highest BCUT2D eigenvalue weighted by Crippen LogP contribution is 2.48. The number of nitrogens with one attached hydrogen (secondary N) is 2. The van der Waals surface area contributed by atoms with Gasteiger partial charge < -0.3 is 15.4 Å². The third-order valence-electron chi connectivity index (χ3n) is 6.79. The van der Waals surface area contributed by atoms with Crippen molar-refractivity contribution in [2.45, 2.75) is 52.3 Å². The fourth-order valence-electron chi connectivity index (χ4n) is 5.24. The van der Waals surface area contributed by atoms with E-state index in [4.69, 9.17) is 21.4 Å². The lowest BCUT2D eigenvalue weighted by atomic mass is 9.97. The molecular weight excluding hydrogens is 494 g/mol. The Bertz CT molecular complexity index is 1390. The summed E-state index contributed by atoms with van der Waals surface area (Å²) in [5.41, 5.74) is 7.28. The standard InChI is InChI=1S/C27H30ClN5O2S/c1-6-18(27-22(29-4)12-24(36-27)14(2)31-15(3)34)19-11-17(28)9-16-10-23(35-26(16)19)25-20-13-30-8-7-21(20)32-33(25)5/h6,9,11-12,14,23,30H,4,7-8,10,13H2,1-3,5H3,(H,31,34)/b18-6-. The summed E-state index contributed by atoms with van der Waals surface area (Å²) in [5.74, 6) is 0.771. The molecule has 9 heteroatoms. The van der Waals surface area contributed by atoms with Crippen LogP contribution in [0.25, 0.3) is 5.57 Å². The highest BCUT2D eigenvalue weighted by atomic mass is 35.5. The van der Waals surface area contributed by atoms with Crippen LogP contribution in [0.15, 0.2) is 29.3 Å². The van der Waals surface area contributed by atoms with Crippen molar-refractivity contribution in [3.63, 3.8) is 0 Å². The third-order valence-corrected chi connectivity index (χ3v) is 8.35. The molecule has 0 saturated carbocycles. The van der Waals surface area contributed by atoms with Crippen LogP contribution in [-0.4, -0.2) is 28.9 Å². The first-order valence-electron chi connectivity index (χ1n) is 12.1. The van der Waals surface area contributed by atoms with E-state index in [-0.39, 0.29) is 18.1 Å². The number of carbonyl (C=O) groups excluding carboxylic acids is 1. The summed E-state index contributed by atoms with van der Waals surface area (Å²) in [6.45, 7) is 11.0. The molecule has 4 heterocycles. The van der Waals surface area contributed by atoms with Crippen LogP contribution < -0.4 is 15.4 Å². The van der Waals surface area contributed by atoms with Crippen LogP contribution >= 0.6 is 22.9 Å². The largest absolute Gasteiger partial charge is 0.483 e. The molecule has 188 valence electrons. The van der Waals surface area contributed by atoms with Gasteiger partial charge in [-0.1, -0.05) is 17.7 Å². The highest BCUT2D eigenvalue weighted by Gasteiger charge is 2.34. The average molecular weight is 524 g/mol. The predicted octanol–water partition coefficient (Wildman–Crippen LogP) is 5.44. The molecule has 7 nitrogen and oxygen atoms in total. The lowest BCUT2D eigenvalue weighted by molar-refractivity contribution is -0.119. The lowest BCUT2D eigenvalue weighted by Crippen LogP contribution is -2.24. The number of carbonyl (C=O) groups is 1. The van der Waals surface area contributed by atoms with Crippen LogP contribution in [0.2, 0.25) is 5.02 Å². The summed E-state index contributed by atoms with van der Waals surface area (Å²) in [6, 6.07) is 5.82.